The van der Waals surface area contributed by atoms with Crippen molar-refractivity contribution in [1.82, 2.24) is 19.7 Å². The van der Waals surface area contributed by atoms with Gasteiger partial charge in [0.2, 0.25) is 0 Å². The molecule has 2 unspecified atom stereocenters. The lowest BCUT2D eigenvalue weighted by molar-refractivity contribution is 0.445. The van der Waals surface area contributed by atoms with Crippen LogP contribution in [0.1, 0.15) is 44.2 Å². The lowest BCUT2D eigenvalue weighted by Gasteiger charge is -2.13. The van der Waals surface area contributed by atoms with Crippen molar-refractivity contribution in [3.05, 3.63) is 35.2 Å². The Balaban J connectivity index is 1.91. The summed E-state index contributed by atoms with van der Waals surface area (Å²) in [5.74, 6) is 1.34. The van der Waals surface area contributed by atoms with Crippen molar-refractivity contribution in [3.8, 4) is 11.3 Å². The zero-order chi connectivity index (χ0) is 16.4. The van der Waals surface area contributed by atoms with Crippen molar-refractivity contribution < 1.29 is 0 Å². The Morgan fingerprint density at radius 3 is 3.13 bits per heavy atom. The molecular weight excluding hydrogens is 305 g/mol. The van der Waals surface area contributed by atoms with Gasteiger partial charge in [0.15, 0.2) is 0 Å². The average Bonchev–Trinajstić information content (AvgIpc) is 3.15. The summed E-state index contributed by atoms with van der Waals surface area (Å²) >= 11 is 4.13. The number of aromatic nitrogens is 4. The van der Waals surface area contributed by atoms with Crippen LogP contribution < -0.4 is 5.32 Å². The maximum absolute atomic E-state index is 5.62. The van der Waals surface area contributed by atoms with E-state index in [4.69, 9.17) is 7.85 Å². The first-order valence-corrected chi connectivity index (χ1v) is 8.32. The number of nitrogens with one attached hydrogen (secondary N) is 1. The molecule has 0 aromatic carbocycles. The minimum absolute atomic E-state index is 0.264. The fourth-order valence-corrected chi connectivity index (χ4v) is 3.07. The molecule has 2 radical (unpaired) electrons. The fourth-order valence-electron chi connectivity index (χ4n) is 2.96. The summed E-state index contributed by atoms with van der Waals surface area (Å²) in [6.45, 7) is 5.23. The molecule has 7 heteroatoms. The SMILES string of the molecule is [B]/C(S)=C/CC(CC)n1cc(-c2ncnc3c2C(C)CN3)cn1. The van der Waals surface area contributed by atoms with Crippen LogP contribution >= 0.6 is 12.6 Å². The number of rotatable bonds is 5. The van der Waals surface area contributed by atoms with E-state index in [1.54, 1.807) is 6.33 Å². The van der Waals surface area contributed by atoms with E-state index in [-0.39, 0.29) is 6.04 Å². The second-order valence-electron chi connectivity index (χ2n) is 5.90. The molecule has 0 bridgehead atoms. The summed E-state index contributed by atoms with van der Waals surface area (Å²) in [6.07, 6.45) is 9.25. The van der Waals surface area contributed by atoms with Crippen LogP contribution in [-0.2, 0) is 0 Å². The normalized spacial score (nSPS) is 18.6. The van der Waals surface area contributed by atoms with Crippen molar-refractivity contribution in [2.24, 2.45) is 0 Å². The van der Waals surface area contributed by atoms with E-state index in [9.17, 15) is 0 Å². The number of hydrogen-bond donors (Lipinski definition) is 2. The summed E-state index contributed by atoms with van der Waals surface area (Å²) in [6, 6.07) is 0.264. The standard InChI is InChI=1S/C16H20BN5S/c1-3-12(4-5-13(17)23)22-8-11(7-21-22)15-14-10(2)6-18-16(14)20-9-19-15/h5,7-10,12,23H,3-4,6H2,1-2H3,(H,18,19,20)/b13-5-. The number of allylic oxidation sites excluding steroid dienone is 1. The van der Waals surface area contributed by atoms with E-state index in [2.05, 4.69) is 53.1 Å². The highest BCUT2D eigenvalue weighted by molar-refractivity contribution is 7.86. The molecule has 0 saturated carbocycles. The van der Waals surface area contributed by atoms with Gasteiger partial charge in [-0.15, -0.1) is 0 Å². The molecule has 3 heterocycles. The third kappa shape index (κ3) is 3.29. The second kappa shape index (κ2) is 6.78. The molecule has 1 aliphatic rings. The maximum atomic E-state index is 5.62. The zero-order valence-electron chi connectivity index (χ0n) is 13.4. The molecule has 5 nitrogen and oxygen atoms in total. The Kier molecular flexibility index (Phi) is 4.75. The van der Waals surface area contributed by atoms with Crippen molar-refractivity contribution >= 4 is 26.3 Å². The molecule has 1 aliphatic heterocycles. The molecule has 0 amide bonds. The molecule has 0 saturated heterocycles. The van der Waals surface area contributed by atoms with Crippen LogP contribution in [0.25, 0.3) is 11.3 Å². The van der Waals surface area contributed by atoms with Gasteiger partial charge >= 0.3 is 0 Å². The average molecular weight is 325 g/mol. The van der Waals surface area contributed by atoms with Gasteiger partial charge in [-0.1, -0.05) is 24.7 Å². The largest absolute Gasteiger partial charge is 0.369 e. The Morgan fingerprint density at radius 2 is 2.39 bits per heavy atom. The molecule has 1 N–H and O–H groups in total. The van der Waals surface area contributed by atoms with Crippen LogP contribution in [0.4, 0.5) is 5.82 Å². The van der Waals surface area contributed by atoms with Crippen molar-refractivity contribution in [2.75, 3.05) is 11.9 Å². The number of thiol groups is 1. The fraction of sp³-hybridized carbons (Fsp3) is 0.438. The van der Waals surface area contributed by atoms with Gasteiger partial charge in [0.05, 0.1) is 17.9 Å². The van der Waals surface area contributed by atoms with Gasteiger partial charge in [0, 0.05) is 29.8 Å². The van der Waals surface area contributed by atoms with E-state index in [1.165, 1.54) is 5.56 Å². The quantitative estimate of drug-likeness (QED) is 0.655. The Morgan fingerprint density at radius 1 is 1.57 bits per heavy atom. The van der Waals surface area contributed by atoms with Gasteiger partial charge < -0.3 is 5.32 Å². The zero-order valence-corrected chi connectivity index (χ0v) is 14.3. The highest BCUT2D eigenvalue weighted by Crippen LogP contribution is 2.36. The predicted octanol–water partition coefficient (Wildman–Crippen LogP) is 3.15. The van der Waals surface area contributed by atoms with Crippen molar-refractivity contribution in [1.29, 1.82) is 0 Å². The lowest BCUT2D eigenvalue weighted by Crippen LogP contribution is -2.07. The Labute approximate surface area is 143 Å². The molecule has 0 spiro atoms. The van der Waals surface area contributed by atoms with E-state index >= 15 is 0 Å². The first-order valence-electron chi connectivity index (χ1n) is 7.88. The highest BCUT2D eigenvalue weighted by atomic mass is 32.1. The summed E-state index contributed by atoms with van der Waals surface area (Å²) in [5.41, 5.74) is 3.18. The third-order valence-electron chi connectivity index (χ3n) is 4.27. The molecule has 0 aliphatic carbocycles. The molecule has 3 rings (SSSR count). The summed E-state index contributed by atoms with van der Waals surface area (Å²) < 4.78 is 1.99. The predicted molar refractivity (Wildman–Crippen MR) is 96.9 cm³/mol. The van der Waals surface area contributed by atoms with E-state index in [0.29, 0.717) is 10.7 Å². The number of hydrogen-bond acceptors (Lipinski definition) is 5. The van der Waals surface area contributed by atoms with Crippen molar-refractivity contribution in [2.45, 2.75) is 38.6 Å². The summed E-state index contributed by atoms with van der Waals surface area (Å²) in [4.78, 5) is 9.36. The van der Waals surface area contributed by atoms with Crippen LogP contribution in [0.3, 0.4) is 0 Å². The molecule has 2 aromatic rings. The van der Waals surface area contributed by atoms with Crippen LogP contribution in [0.5, 0.6) is 0 Å². The van der Waals surface area contributed by atoms with Gasteiger partial charge in [-0.2, -0.15) is 17.7 Å². The monoisotopic (exact) mass is 325 g/mol. The number of anilines is 1. The van der Waals surface area contributed by atoms with Gasteiger partial charge in [-0.3, -0.25) is 4.68 Å². The molecule has 23 heavy (non-hydrogen) atoms. The topological polar surface area (TPSA) is 55.6 Å². The van der Waals surface area contributed by atoms with E-state index in [0.717, 1.165) is 36.5 Å². The van der Waals surface area contributed by atoms with Crippen LogP contribution in [-0.4, -0.2) is 34.1 Å². The van der Waals surface area contributed by atoms with Gasteiger partial charge in [-0.25, -0.2) is 9.97 Å². The van der Waals surface area contributed by atoms with Gasteiger partial charge in [0.25, 0.3) is 0 Å². The minimum Gasteiger partial charge on any atom is -0.369 e. The molecule has 0 fully saturated rings. The number of fused-ring (bicyclic) bond motifs is 1. The van der Waals surface area contributed by atoms with E-state index < -0.39 is 0 Å². The van der Waals surface area contributed by atoms with Gasteiger partial charge in [0.1, 0.15) is 20.0 Å². The van der Waals surface area contributed by atoms with E-state index in [1.807, 2.05) is 17.0 Å². The first kappa shape index (κ1) is 16.1. The summed E-state index contributed by atoms with van der Waals surface area (Å²) in [7, 11) is 5.62. The van der Waals surface area contributed by atoms with Crippen molar-refractivity contribution in [3.63, 3.8) is 0 Å². The van der Waals surface area contributed by atoms with Crippen LogP contribution in [0.2, 0.25) is 0 Å². The van der Waals surface area contributed by atoms with Crippen LogP contribution in [0, 0.1) is 0 Å². The Bertz CT molecular complexity index is 723. The van der Waals surface area contributed by atoms with Gasteiger partial charge in [-0.05, 0) is 12.8 Å². The highest BCUT2D eigenvalue weighted by Gasteiger charge is 2.25. The molecule has 2 aromatic heterocycles. The first-order chi connectivity index (χ1) is 11.1. The van der Waals surface area contributed by atoms with Crippen LogP contribution in [0.15, 0.2) is 29.6 Å². The second-order valence-corrected chi connectivity index (χ2v) is 6.42. The molecule has 2 atom stereocenters. The molecular formula is C16H20BN5S. The maximum Gasteiger partial charge on any atom is 0.133 e. The minimum atomic E-state index is 0.264. The third-order valence-corrected chi connectivity index (χ3v) is 4.45. The summed E-state index contributed by atoms with van der Waals surface area (Å²) in [5, 5.41) is 7.86. The lowest BCUT2D eigenvalue weighted by atomic mass is 10.0. The smallest absolute Gasteiger partial charge is 0.133 e. The Hall–Kier alpha value is -1.76. The molecule has 118 valence electrons. The number of nitrogens with zero attached hydrogens (tertiary/aromatic N) is 4.